The maximum atomic E-state index is 6.41. The van der Waals surface area contributed by atoms with Crippen molar-refractivity contribution >= 4 is 37.7 Å². The molecule has 160 valence electrons. The number of hydrogen-bond acceptors (Lipinski definition) is 2. The molecule has 0 saturated carbocycles. The van der Waals surface area contributed by atoms with E-state index in [1.165, 1.54) is 0 Å². The number of allylic oxidation sites excluding steroid dienone is 1. The first kappa shape index (κ1) is 22.4. The van der Waals surface area contributed by atoms with Gasteiger partial charge in [0, 0.05) is 10.0 Å². The van der Waals surface area contributed by atoms with Crippen molar-refractivity contribution in [3.63, 3.8) is 0 Å². The number of rotatable bonds is 8. The molecule has 0 heterocycles. The molecule has 0 amide bonds. The van der Waals surface area contributed by atoms with Crippen LogP contribution in [0.2, 0.25) is 10.0 Å². The maximum absolute atomic E-state index is 6.41. The summed E-state index contributed by atoms with van der Waals surface area (Å²) in [5.41, 5.74) is 1.83. The molecule has 0 aliphatic rings. The van der Waals surface area contributed by atoms with Crippen LogP contribution in [0.25, 0.3) is 6.08 Å². The molecular weight excluding hydrogens is 458 g/mol. The molecular formula is C27H21Cl2O2P. The summed E-state index contributed by atoms with van der Waals surface area (Å²) in [6.07, 6.45) is 4.13. The number of halogens is 2. The quantitative estimate of drug-likeness (QED) is 0.235. The number of hydrogen-bond donors (Lipinski definition) is 0. The van der Waals surface area contributed by atoms with Gasteiger partial charge in [-0.05, 0) is 59.7 Å². The summed E-state index contributed by atoms with van der Waals surface area (Å²) in [6, 6.07) is 34.9. The fraction of sp³-hybridized carbons (Fsp3) is 0.0370. The van der Waals surface area contributed by atoms with Crippen molar-refractivity contribution in [2.45, 2.75) is 5.66 Å². The Morgan fingerprint density at radius 2 is 1.19 bits per heavy atom. The largest absolute Gasteiger partial charge is 0.438 e. The van der Waals surface area contributed by atoms with Gasteiger partial charge in [0.15, 0.2) is 0 Å². The van der Waals surface area contributed by atoms with Crippen molar-refractivity contribution in [1.29, 1.82) is 0 Å². The lowest BCUT2D eigenvalue weighted by atomic mass is 10.1. The Kier molecular flexibility index (Phi) is 7.85. The van der Waals surface area contributed by atoms with Crippen LogP contribution in [0, 0.1) is 0 Å². The molecule has 4 rings (SSSR count). The van der Waals surface area contributed by atoms with Crippen LogP contribution < -0.4 is 9.05 Å². The average molecular weight is 479 g/mol. The van der Waals surface area contributed by atoms with Crippen LogP contribution in [0.3, 0.4) is 0 Å². The number of benzene rings is 4. The van der Waals surface area contributed by atoms with E-state index >= 15 is 0 Å². The monoisotopic (exact) mass is 478 g/mol. The van der Waals surface area contributed by atoms with Crippen molar-refractivity contribution in [1.82, 2.24) is 0 Å². The van der Waals surface area contributed by atoms with E-state index in [0.29, 0.717) is 10.0 Å². The highest BCUT2D eigenvalue weighted by atomic mass is 35.5. The summed E-state index contributed by atoms with van der Waals surface area (Å²) >= 11 is 12.5. The maximum Gasteiger partial charge on any atom is 0.302 e. The lowest BCUT2D eigenvalue weighted by Crippen LogP contribution is -2.05. The van der Waals surface area contributed by atoms with Crippen LogP contribution in [-0.4, -0.2) is 0 Å². The van der Waals surface area contributed by atoms with Crippen LogP contribution in [-0.2, 0) is 0 Å². The Morgan fingerprint density at radius 1 is 0.625 bits per heavy atom. The van der Waals surface area contributed by atoms with Gasteiger partial charge in [-0.25, -0.2) is 0 Å². The van der Waals surface area contributed by atoms with Gasteiger partial charge < -0.3 is 9.05 Å². The van der Waals surface area contributed by atoms with Crippen LogP contribution >= 0.6 is 31.6 Å². The molecule has 4 aromatic carbocycles. The Labute approximate surface area is 200 Å². The Bertz CT molecular complexity index is 1120. The van der Waals surface area contributed by atoms with E-state index in [9.17, 15) is 0 Å². The third-order valence-corrected chi connectivity index (χ3v) is 6.79. The smallest absolute Gasteiger partial charge is 0.302 e. The van der Waals surface area contributed by atoms with E-state index in [0.717, 1.165) is 22.6 Å². The highest BCUT2D eigenvalue weighted by molar-refractivity contribution is 7.48. The summed E-state index contributed by atoms with van der Waals surface area (Å²) in [5.74, 6) is 1.50. The lowest BCUT2D eigenvalue weighted by molar-refractivity contribution is 0.482. The minimum absolute atomic E-state index is 0.178. The van der Waals surface area contributed by atoms with Crippen molar-refractivity contribution in [3.05, 3.63) is 136 Å². The third kappa shape index (κ3) is 6.37. The van der Waals surface area contributed by atoms with Crippen molar-refractivity contribution in [3.8, 4) is 11.5 Å². The molecule has 2 nitrogen and oxygen atoms in total. The summed E-state index contributed by atoms with van der Waals surface area (Å²) < 4.78 is 12.8. The van der Waals surface area contributed by atoms with Crippen molar-refractivity contribution in [2.75, 3.05) is 0 Å². The zero-order valence-corrected chi connectivity index (χ0v) is 19.6. The van der Waals surface area contributed by atoms with E-state index in [4.69, 9.17) is 32.2 Å². The van der Waals surface area contributed by atoms with Crippen LogP contribution in [0.4, 0.5) is 0 Å². The molecule has 0 aromatic heterocycles. The molecule has 4 aromatic rings. The average Bonchev–Trinajstić information content (AvgIpc) is 2.81. The Hall–Kier alpha value is -2.77. The standard InChI is InChI=1S/C27H21Cl2O2P/c28-23-11-7-9-21(19-23)17-18-27(22-10-8-12-24(29)20-22)32(30-25-13-3-1-4-14-25)31-26-15-5-2-6-16-26/h1-20,27H/b18-17+. The second kappa shape index (κ2) is 11.2. The fourth-order valence-electron chi connectivity index (χ4n) is 3.11. The molecule has 0 fully saturated rings. The zero-order valence-electron chi connectivity index (χ0n) is 17.1. The Morgan fingerprint density at radius 3 is 1.75 bits per heavy atom. The topological polar surface area (TPSA) is 18.5 Å². The van der Waals surface area contributed by atoms with Gasteiger partial charge in [0.05, 0.1) is 5.66 Å². The van der Waals surface area contributed by atoms with E-state index in [1.807, 2.05) is 115 Å². The molecule has 0 radical (unpaired) electrons. The molecule has 0 aliphatic carbocycles. The zero-order chi connectivity index (χ0) is 22.2. The van der Waals surface area contributed by atoms with Gasteiger partial charge in [-0.1, -0.05) is 96.0 Å². The summed E-state index contributed by atoms with van der Waals surface area (Å²) in [4.78, 5) is 0. The van der Waals surface area contributed by atoms with Crippen LogP contribution in [0.5, 0.6) is 11.5 Å². The van der Waals surface area contributed by atoms with Crippen molar-refractivity contribution < 1.29 is 9.05 Å². The first-order valence-corrected chi connectivity index (χ1v) is 12.1. The summed E-state index contributed by atoms with van der Waals surface area (Å²) in [5, 5.41) is 1.35. The van der Waals surface area contributed by atoms with Gasteiger partial charge >= 0.3 is 8.38 Å². The summed E-state index contributed by atoms with van der Waals surface area (Å²) in [6.45, 7) is 0. The first-order chi connectivity index (χ1) is 15.7. The predicted molar refractivity (Wildman–Crippen MR) is 136 cm³/mol. The van der Waals surface area contributed by atoms with Gasteiger partial charge in [-0.15, -0.1) is 0 Å². The van der Waals surface area contributed by atoms with Crippen LogP contribution in [0.15, 0.2) is 115 Å². The van der Waals surface area contributed by atoms with Crippen molar-refractivity contribution in [2.24, 2.45) is 0 Å². The number of para-hydroxylation sites is 2. The van der Waals surface area contributed by atoms with Gasteiger partial charge in [0.25, 0.3) is 0 Å². The van der Waals surface area contributed by atoms with Crippen LogP contribution in [0.1, 0.15) is 16.8 Å². The molecule has 0 aliphatic heterocycles. The molecule has 0 spiro atoms. The van der Waals surface area contributed by atoms with E-state index < -0.39 is 8.38 Å². The van der Waals surface area contributed by atoms with Gasteiger partial charge in [-0.2, -0.15) is 0 Å². The van der Waals surface area contributed by atoms with E-state index in [2.05, 4.69) is 6.08 Å². The minimum atomic E-state index is -1.45. The van der Waals surface area contributed by atoms with E-state index in [-0.39, 0.29) is 5.66 Å². The summed E-state index contributed by atoms with van der Waals surface area (Å²) in [7, 11) is -1.45. The lowest BCUT2D eigenvalue weighted by Gasteiger charge is -2.25. The fourth-order valence-corrected chi connectivity index (χ4v) is 5.06. The molecule has 0 bridgehead atoms. The SMILES string of the molecule is Clc1cccc(/C=C/C(c2cccc(Cl)c2)P(Oc2ccccc2)Oc2ccccc2)c1. The van der Waals surface area contributed by atoms with E-state index in [1.54, 1.807) is 0 Å². The van der Waals surface area contributed by atoms with Gasteiger partial charge in [0.1, 0.15) is 11.5 Å². The molecule has 1 atom stereocenters. The second-order valence-corrected chi connectivity index (χ2v) is 9.37. The third-order valence-electron chi connectivity index (χ3n) is 4.61. The molecule has 1 unspecified atom stereocenters. The predicted octanol–water partition coefficient (Wildman–Crippen LogP) is 9.22. The molecule has 0 N–H and O–H groups in total. The second-order valence-electron chi connectivity index (χ2n) is 7.01. The highest BCUT2D eigenvalue weighted by Crippen LogP contribution is 2.54. The Balaban J connectivity index is 1.73. The van der Waals surface area contributed by atoms with Gasteiger partial charge in [-0.3, -0.25) is 0 Å². The van der Waals surface area contributed by atoms with Gasteiger partial charge in [0.2, 0.25) is 0 Å². The molecule has 0 saturated heterocycles. The highest BCUT2D eigenvalue weighted by Gasteiger charge is 2.27. The minimum Gasteiger partial charge on any atom is -0.438 e. The first-order valence-electron chi connectivity index (χ1n) is 10.1. The normalized spacial score (nSPS) is 12.1. The molecule has 32 heavy (non-hydrogen) atoms. The molecule has 5 heteroatoms.